The van der Waals surface area contributed by atoms with Gasteiger partial charge >= 0.3 is 0 Å². The number of anilines is 1. The van der Waals surface area contributed by atoms with Crippen LogP contribution in [0.2, 0.25) is 0 Å². The fraction of sp³-hybridized carbons (Fsp3) is 0.143. The van der Waals surface area contributed by atoms with Crippen LogP contribution in [0.25, 0.3) is 22.2 Å². The Balaban J connectivity index is 1.50. The van der Waals surface area contributed by atoms with Crippen molar-refractivity contribution in [2.75, 3.05) is 10.8 Å². The van der Waals surface area contributed by atoms with E-state index in [-0.39, 0.29) is 16.6 Å². The van der Waals surface area contributed by atoms with E-state index in [1.165, 1.54) is 27.8 Å². The lowest BCUT2D eigenvalue weighted by Gasteiger charge is -2.19. The average molecular weight is 442 g/mol. The minimum atomic E-state index is -3.72. The van der Waals surface area contributed by atoms with E-state index in [2.05, 4.69) is 10.1 Å². The van der Waals surface area contributed by atoms with Crippen LogP contribution in [0.15, 0.2) is 64.0 Å². The first-order chi connectivity index (χ1) is 14.4. The van der Waals surface area contributed by atoms with Gasteiger partial charge < -0.3 is 4.52 Å². The number of benzene rings is 2. The van der Waals surface area contributed by atoms with Gasteiger partial charge in [0.25, 0.3) is 15.9 Å². The Morgan fingerprint density at radius 2 is 1.97 bits per heavy atom. The predicted molar refractivity (Wildman–Crippen MR) is 112 cm³/mol. The van der Waals surface area contributed by atoms with Crippen molar-refractivity contribution in [1.82, 2.24) is 10.1 Å². The first kappa shape index (κ1) is 19.0. The fourth-order valence-corrected chi connectivity index (χ4v) is 6.56. The topological polar surface area (TPSA) is 76.3 Å². The largest absolute Gasteiger partial charge is 0.333 e. The molecule has 0 saturated heterocycles. The van der Waals surface area contributed by atoms with Crippen LogP contribution in [0.3, 0.4) is 0 Å². The summed E-state index contributed by atoms with van der Waals surface area (Å²) in [4.78, 5) is 5.73. The molecule has 0 amide bonds. The normalized spacial score (nSPS) is 13.6. The van der Waals surface area contributed by atoms with Gasteiger partial charge in [0.15, 0.2) is 0 Å². The summed E-state index contributed by atoms with van der Waals surface area (Å²) >= 11 is 1.27. The third-order valence-electron chi connectivity index (χ3n) is 5.00. The van der Waals surface area contributed by atoms with Gasteiger partial charge in [0, 0.05) is 17.0 Å². The highest BCUT2D eigenvalue weighted by atomic mass is 32.2. The number of sulfonamides is 1. The molecule has 5 rings (SSSR count). The Morgan fingerprint density at radius 1 is 1.13 bits per heavy atom. The number of para-hydroxylation sites is 1. The van der Waals surface area contributed by atoms with Crippen molar-refractivity contribution in [1.29, 1.82) is 0 Å². The Morgan fingerprint density at radius 3 is 2.80 bits per heavy atom. The van der Waals surface area contributed by atoms with Gasteiger partial charge in [-0.2, -0.15) is 4.98 Å². The molecular weight excluding hydrogens is 425 g/mol. The molecule has 6 nitrogen and oxygen atoms in total. The molecule has 0 unspecified atom stereocenters. The van der Waals surface area contributed by atoms with Crippen molar-refractivity contribution in [3.8, 4) is 22.2 Å². The van der Waals surface area contributed by atoms with E-state index < -0.39 is 15.8 Å². The molecule has 30 heavy (non-hydrogen) atoms. The van der Waals surface area contributed by atoms with Crippen molar-refractivity contribution >= 4 is 27.0 Å². The summed E-state index contributed by atoms with van der Waals surface area (Å²) in [5.74, 6) is 0.0455. The Bertz CT molecular complexity index is 1360. The zero-order chi connectivity index (χ0) is 20.9. The molecule has 0 bridgehead atoms. The molecule has 0 aliphatic carbocycles. The van der Waals surface area contributed by atoms with Crippen LogP contribution in [-0.4, -0.2) is 25.1 Å². The van der Waals surface area contributed by atoms with Crippen LogP contribution in [0.4, 0.5) is 10.1 Å². The Kier molecular flexibility index (Phi) is 4.44. The summed E-state index contributed by atoms with van der Waals surface area (Å²) in [6, 6.07) is 15.0. The van der Waals surface area contributed by atoms with Gasteiger partial charge in [-0.15, -0.1) is 11.3 Å². The van der Waals surface area contributed by atoms with E-state index in [1.54, 1.807) is 25.1 Å². The van der Waals surface area contributed by atoms with Gasteiger partial charge in [-0.05, 0) is 43.2 Å². The van der Waals surface area contributed by atoms with Crippen molar-refractivity contribution in [2.45, 2.75) is 18.2 Å². The summed E-state index contributed by atoms with van der Waals surface area (Å²) < 4.78 is 46.9. The standard InChI is InChI=1S/C21H16FN3O3S2/c1-13-19(30(26,27)25-10-9-14-5-2-3-8-17(14)25)12-18(29-13)21-23-20(24-28-21)15-6-4-7-16(22)11-15/h2-8,11-12H,9-10H2,1H3. The van der Waals surface area contributed by atoms with E-state index in [4.69, 9.17) is 4.52 Å². The molecule has 3 heterocycles. The molecule has 2 aromatic heterocycles. The molecule has 0 atom stereocenters. The number of aromatic nitrogens is 2. The smallest absolute Gasteiger partial charge is 0.268 e. The molecular formula is C21H16FN3O3S2. The summed E-state index contributed by atoms with van der Waals surface area (Å²) in [5, 5.41) is 3.91. The predicted octanol–water partition coefficient (Wildman–Crippen LogP) is 4.66. The van der Waals surface area contributed by atoms with E-state index in [0.717, 1.165) is 11.3 Å². The second-order valence-electron chi connectivity index (χ2n) is 6.92. The summed E-state index contributed by atoms with van der Waals surface area (Å²) in [6.45, 7) is 2.17. The molecule has 1 aliphatic heterocycles. The number of thiophene rings is 1. The zero-order valence-corrected chi connectivity index (χ0v) is 17.5. The first-order valence-electron chi connectivity index (χ1n) is 9.24. The number of hydrogen-bond acceptors (Lipinski definition) is 6. The van der Waals surface area contributed by atoms with Crippen LogP contribution in [0, 0.1) is 12.7 Å². The van der Waals surface area contributed by atoms with E-state index in [0.29, 0.717) is 28.3 Å². The molecule has 0 fully saturated rings. The van der Waals surface area contributed by atoms with Gasteiger partial charge in [-0.25, -0.2) is 12.8 Å². The number of halogens is 1. The average Bonchev–Trinajstić information content (AvgIpc) is 3.46. The molecule has 0 spiro atoms. The highest BCUT2D eigenvalue weighted by Crippen LogP contribution is 2.38. The van der Waals surface area contributed by atoms with Crippen LogP contribution in [0.1, 0.15) is 10.4 Å². The van der Waals surface area contributed by atoms with Gasteiger partial charge in [-0.3, -0.25) is 4.31 Å². The van der Waals surface area contributed by atoms with E-state index in [1.807, 2.05) is 24.3 Å². The number of aryl methyl sites for hydroxylation is 1. The molecule has 0 N–H and O–H groups in total. The van der Waals surface area contributed by atoms with Crippen molar-refractivity contribution in [2.24, 2.45) is 0 Å². The van der Waals surface area contributed by atoms with Crippen LogP contribution < -0.4 is 4.31 Å². The molecule has 1 aliphatic rings. The summed E-state index contributed by atoms with van der Waals surface area (Å²) in [7, 11) is -3.72. The lowest BCUT2D eigenvalue weighted by atomic mass is 10.2. The monoisotopic (exact) mass is 441 g/mol. The molecule has 4 aromatic rings. The van der Waals surface area contributed by atoms with Crippen molar-refractivity contribution in [3.63, 3.8) is 0 Å². The molecule has 9 heteroatoms. The maximum absolute atomic E-state index is 13.5. The molecule has 152 valence electrons. The minimum Gasteiger partial charge on any atom is -0.333 e. The Labute approximate surface area is 176 Å². The quantitative estimate of drug-likeness (QED) is 0.460. The number of nitrogens with zero attached hydrogens (tertiary/aromatic N) is 3. The maximum atomic E-state index is 13.5. The number of fused-ring (bicyclic) bond motifs is 1. The summed E-state index contributed by atoms with van der Waals surface area (Å²) in [6.07, 6.45) is 0.687. The highest BCUT2D eigenvalue weighted by molar-refractivity contribution is 7.93. The summed E-state index contributed by atoms with van der Waals surface area (Å²) in [5.41, 5.74) is 2.22. The maximum Gasteiger partial charge on any atom is 0.268 e. The van der Waals surface area contributed by atoms with E-state index >= 15 is 0 Å². The third kappa shape index (κ3) is 3.10. The number of hydrogen-bond donors (Lipinski definition) is 0. The van der Waals surface area contributed by atoms with Crippen molar-refractivity contribution in [3.05, 3.63) is 70.9 Å². The number of rotatable bonds is 4. The van der Waals surface area contributed by atoms with Crippen LogP contribution >= 0.6 is 11.3 Å². The SMILES string of the molecule is Cc1sc(-c2nc(-c3cccc(F)c3)no2)cc1S(=O)(=O)N1CCc2ccccc21. The van der Waals surface area contributed by atoms with Gasteiger partial charge in [0.1, 0.15) is 10.7 Å². The van der Waals surface area contributed by atoms with Gasteiger partial charge in [-0.1, -0.05) is 35.5 Å². The van der Waals surface area contributed by atoms with Crippen LogP contribution in [-0.2, 0) is 16.4 Å². The molecule has 0 radical (unpaired) electrons. The van der Waals surface area contributed by atoms with Gasteiger partial charge in [0.05, 0.1) is 10.6 Å². The van der Waals surface area contributed by atoms with Crippen molar-refractivity contribution < 1.29 is 17.3 Å². The minimum absolute atomic E-state index is 0.200. The molecule has 2 aromatic carbocycles. The highest BCUT2D eigenvalue weighted by Gasteiger charge is 2.33. The first-order valence-corrected chi connectivity index (χ1v) is 11.5. The lowest BCUT2D eigenvalue weighted by molar-refractivity contribution is 0.433. The Hall–Kier alpha value is -3.04. The van der Waals surface area contributed by atoms with Crippen LogP contribution in [0.5, 0.6) is 0 Å². The second kappa shape index (κ2) is 7.03. The fourth-order valence-electron chi connectivity index (χ4n) is 3.57. The lowest BCUT2D eigenvalue weighted by Crippen LogP contribution is -2.29. The second-order valence-corrected chi connectivity index (χ2v) is 10.0. The molecule has 0 saturated carbocycles. The zero-order valence-electron chi connectivity index (χ0n) is 15.9. The third-order valence-corrected chi connectivity index (χ3v) is 8.11. The van der Waals surface area contributed by atoms with Gasteiger partial charge in [0.2, 0.25) is 5.82 Å². The van der Waals surface area contributed by atoms with E-state index in [9.17, 15) is 12.8 Å².